The number of aliphatic carboxylic acids is 1. The van der Waals surface area contributed by atoms with E-state index in [1.165, 1.54) is 38.5 Å². The second-order valence-electron chi connectivity index (χ2n) is 8.35. The molecule has 0 rings (SSSR count). The Morgan fingerprint density at radius 1 is 0.828 bits per heavy atom. The molecule has 5 heteroatoms. The van der Waals surface area contributed by atoms with Gasteiger partial charge in [0.25, 0.3) is 0 Å². The van der Waals surface area contributed by atoms with E-state index in [2.05, 4.69) is 26.1 Å². The summed E-state index contributed by atoms with van der Waals surface area (Å²) < 4.78 is 5.69. The van der Waals surface area contributed by atoms with Crippen molar-refractivity contribution in [1.29, 1.82) is 0 Å². The van der Waals surface area contributed by atoms with E-state index in [-0.39, 0.29) is 12.5 Å². The summed E-state index contributed by atoms with van der Waals surface area (Å²) in [6.45, 7) is 9.22. The van der Waals surface area contributed by atoms with Gasteiger partial charge in [-0.05, 0) is 38.1 Å². The van der Waals surface area contributed by atoms with Gasteiger partial charge in [-0.2, -0.15) is 0 Å². The van der Waals surface area contributed by atoms with Crippen LogP contribution in [0, 0.1) is 5.92 Å². The minimum absolute atomic E-state index is 0.113. The lowest BCUT2D eigenvalue weighted by Gasteiger charge is -2.23. The van der Waals surface area contributed by atoms with Crippen molar-refractivity contribution in [2.75, 3.05) is 6.54 Å². The van der Waals surface area contributed by atoms with E-state index >= 15 is 0 Å². The zero-order chi connectivity index (χ0) is 21.9. The number of carbonyl (C=O) groups excluding carboxylic acids is 1. The molecule has 0 saturated heterocycles. The average molecular weight is 414 g/mol. The van der Waals surface area contributed by atoms with Gasteiger partial charge in [-0.1, -0.05) is 85.5 Å². The Bertz CT molecular complexity index is 414. The van der Waals surface area contributed by atoms with Gasteiger partial charge in [0.1, 0.15) is 12.1 Å². The van der Waals surface area contributed by atoms with Gasteiger partial charge in [0.15, 0.2) is 0 Å². The highest BCUT2D eigenvalue weighted by Crippen LogP contribution is 2.15. The summed E-state index contributed by atoms with van der Waals surface area (Å²) in [4.78, 5) is 23.8. The first-order valence-electron chi connectivity index (χ1n) is 12.1. The third-order valence-corrected chi connectivity index (χ3v) is 5.73. The first kappa shape index (κ1) is 27.9. The molecule has 0 aliphatic rings. The van der Waals surface area contributed by atoms with Crippen LogP contribution in [0.4, 0.5) is 0 Å². The molecule has 2 unspecified atom stereocenters. The van der Waals surface area contributed by atoms with Crippen LogP contribution in [0.15, 0.2) is 0 Å². The van der Waals surface area contributed by atoms with Crippen LogP contribution in [0.25, 0.3) is 0 Å². The maximum atomic E-state index is 12.6. The second-order valence-corrected chi connectivity index (χ2v) is 8.35. The van der Waals surface area contributed by atoms with Crippen molar-refractivity contribution < 1.29 is 19.4 Å². The summed E-state index contributed by atoms with van der Waals surface area (Å²) in [7, 11) is 0. The molecular weight excluding hydrogens is 366 g/mol. The van der Waals surface area contributed by atoms with E-state index in [4.69, 9.17) is 4.74 Å². The predicted octanol–water partition coefficient (Wildman–Crippen LogP) is 6.10. The number of hydrogen-bond donors (Lipinski definition) is 2. The Hall–Kier alpha value is -1.10. The van der Waals surface area contributed by atoms with Crippen LogP contribution in [0.1, 0.15) is 118 Å². The lowest BCUT2D eigenvalue weighted by atomic mass is 9.99. The number of rotatable bonds is 20. The first-order valence-corrected chi connectivity index (χ1v) is 12.1. The third-order valence-electron chi connectivity index (χ3n) is 5.73. The van der Waals surface area contributed by atoms with Gasteiger partial charge in [0.2, 0.25) is 0 Å². The number of nitrogens with one attached hydrogen (secondary N) is 1. The fraction of sp³-hybridized carbons (Fsp3) is 0.917. The SMILES string of the molecule is CCCCCCCCCC(CC)OC(=O)[C@H](CC(=O)O)NCC(CC)CCCC. The van der Waals surface area contributed by atoms with Crippen LogP contribution in [-0.4, -0.2) is 35.7 Å². The molecule has 0 spiro atoms. The molecule has 0 amide bonds. The van der Waals surface area contributed by atoms with E-state index < -0.39 is 18.0 Å². The number of carbonyl (C=O) groups is 2. The fourth-order valence-corrected chi connectivity index (χ4v) is 3.59. The molecule has 29 heavy (non-hydrogen) atoms. The monoisotopic (exact) mass is 413 g/mol. The van der Waals surface area contributed by atoms with Crippen molar-refractivity contribution in [1.82, 2.24) is 5.32 Å². The molecular formula is C24H47NO4. The van der Waals surface area contributed by atoms with Crippen molar-refractivity contribution in [2.24, 2.45) is 5.92 Å². The molecule has 0 radical (unpaired) electrons. The number of carboxylic acid groups (broad SMARTS) is 1. The number of esters is 1. The standard InChI is InChI=1S/C24H47NO4/c1-5-9-11-12-13-14-15-17-21(8-4)29-24(28)22(18-23(26)27)25-19-20(7-3)16-10-6-2/h20-22,25H,5-19H2,1-4H3,(H,26,27)/t20?,21?,22-/m0/s1. The summed E-state index contributed by atoms with van der Waals surface area (Å²) in [6, 6.07) is -0.758. The molecule has 0 bridgehead atoms. The largest absolute Gasteiger partial charge is 0.481 e. The molecule has 3 atom stereocenters. The maximum absolute atomic E-state index is 12.6. The molecule has 2 N–H and O–H groups in total. The fourth-order valence-electron chi connectivity index (χ4n) is 3.59. The van der Waals surface area contributed by atoms with Gasteiger partial charge in [-0.3, -0.25) is 9.59 Å². The van der Waals surface area contributed by atoms with Gasteiger partial charge in [-0.25, -0.2) is 0 Å². The predicted molar refractivity (Wildman–Crippen MR) is 120 cm³/mol. The van der Waals surface area contributed by atoms with E-state index in [1.807, 2.05) is 6.92 Å². The number of ether oxygens (including phenoxy) is 1. The molecule has 0 aromatic rings. The van der Waals surface area contributed by atoms with Gasteiger partial charge < -0.3 is 15.2 Å². The van der Waals surface area contributed by atoms with Gasteiger partial charge >= 0.3 is 11.9 Å². The molecule has 0 aromatic carbocycles. The summed E-state index contributed by atoms with van der Waals surface area (Å²) in [5.41, 5.74) is 0. The molecule has 0 heterocycles. The second kappa shape index (κ2) is 18.9. The van der Waals surface area contributed by atoms with E-state index in [9.17, 15) is 14.7 Å². The van der Waals surface area contributed by atoms with Crippen molar-refractivity contribution in [3.63, 3.8) is 0 Å². The van der Waals surface area contributed by atoms with Crippen molar-refractivity contribution in [3.8, 4) is 0 Å². The van der Waals surface area contributed by atoms with E-state index in [0.717, 1.165) is 44.9 Å². The zero-order valence-corrected chi connectivity index (χ0v) is 19.5. The highest BCUT2D eigenvalue weighted by Gasteiger charge is 2.26. The Morgan fingerprint density at radius 2 is 1.45 bits per heavy atom. The van der Waals surface area contributed by atoms with Crippen LogP contribution in [0.2, 0.25) is 0 Å². The van der Waals surface area contributed by atoms with Crippen LogP contribution in [-0.2, 0) is 14.3 Å². The maximum Gasteiger partial charge on any atom is 0.324 e. The van der Waals surface area contributed by atoms with Crippen LogP contribution in [0.3, 0.4) is 0 Å². The quantitative estimate of drug-likeness (QED) is 0.186. The summed E-state index contributed by atoms with van der Waals surface area (Å²) in [5, 5.41) is 12.4. The minimum Gasteiger partial charge on any atom is -0.481 e. The topological polar surface area (TPSA) is 75.6 Å². The van der Waals surface area contributed by atoms with E-state index in [1.54, 1.807) is 0 Å². The van der Waals surface area contributed by atoms with Crippen molar-refractivity contribution in [3.05, 3.63) is 0 Å². The number of unbranched alkanes of at least 4 members (excludes halogenated alkanes) is 7. The molecule has 5 nitrogen and oxygen atoms in total. The summed E-state index contributed by atoms with van der Waals surface area (Å²) in [5.74, 6) is -0.914. The average Bonchev–Trinajstić information content (AvgIpc) is 2.70. The van der Waals surface area contributed by atoms with Crippen LogP contribution < -0.4 is 5.32 Å². The van der Waals surface area contributed by atoms with Crippen LogP contribution in [0.5, 0.6) is 0 Å². The normalized spacial score (nSPS) is 14.3. The van der Waals surface area contributed by atoms with Gasteiger partial charge in [-0.15, -0.1) is 0 Å². The number of carboxylic acids is 1. The molecule has 0 aliphatic heterocycles. The Morgan fingerprint density at radius 3 is 2.00 bits per heavy atom. The third kappa shape index (κ3) is 15.4. The van der Waals surface area contributed by atoms with E-state index in [0.29, 0.717) is 12.5 Å². The highest BCUT2D eigenvalue weighted by atomic mass is 16.5. The zero-order valence-electron chi connectivity index (χ0n) is 19.5. The van der Waals surface area contributed by atoms with Gasteiger partial charge in [0.05, 0.1) is 6.42 Å². The Balaban J connectivity index is 4.43. The Kier molecular flexibility index (Phi) is 18.2. The lowest BCUT2D eigenvalue weighted by Crippen LogP contribution is -2.43. The molecule has 0 saturated carbocycles. The number of hydrogen-bond acceptors (Lipinski definition) is 4. The molecule has 0 fully saturated rings. The lowest BCUT2D eigenvalue weighted by molar-refractivity contribution is -0.155. The summed E-state index contributed by atoms with van der Waals surface area (Å²) in [6.07, 6.45) is 14.4. The minimum atomic E-state index is -0.971. The van der Waals surface area contributed by atoms with Crippen molar-refractivity contribution >= 4 is 11.9 Å². The van der Waals surface area contributed by atoms with Crippen LogP contribution >= 0.6 is 0 Å². The van der Waals surface area contributed by atoms with Gasteiger partial charge in [0, 0.05) is 0 Å². The van der Waals surface area contributed by atoms with Crippen molar-refractivity contribution in [2.45, 2.75) is 130 Å². The molecule has 0 aliphatic carbocycles. The first-order chi connectivity index (χ1) is 14.0. The molecule has 172 valence electrons. The molecule has 0 aromatic heterocycles. The smallest absolute Gasteiger partial charge is 0.324 e. The summed E-state index contributed by atoms with van der Waals surface area (Å²) >= 11 is 0. The Labute approximate surface area is 179 Å². The highest BCUT2D eigenvalue weighted by molar-refractivity contribution is 5.82.